The molecule has 0 fully saturated rings. The van der Waals surface area contributed by atoms with Gasteiger partial charge in [-0.1, -0.05) is 45.0 Å². The number of benzene rings is 2. The van der Waals surface area contributed by atoms with Crippen LogP contribution in [0.1, 0.15) is 32.3 Å². The molecule has 2 rings (SSSR count). The smallest absolute Gasteiger partial charge is 0.119 e. The topological polar surface area (TPSA) is 9.23 Å². The number of fused-ring (bicyclic) bond motifs is 1. The zero-order chi connectivity index (χ0) is 12.4. The fraction of sp³-hybridized carbons (Fsp3) is 0.375. The van der Waals surface area contributed by atoms with E-state index in [0.717, 1.165) is 5.75 Å². The van der Waals surface area contributed by atoms with E-state index in [4.69, 9.17) is 4.74 Å². The van der Waals surface area contributed by atoms with Crippen molar-refractivity contribution < 1.29 is 4.74 Å². The summed E-state index contributed by atoms with van der Waals surface area (Å²) in [4.78, 5) is 0. The molecule has 0 aliphatic carbocycles. The lowest BCUT2D eigenvalue weighted by Gasteiger charge is -2.16. The third kappa shape index (κ3) is 2.44. The molecule has 2 aromatic rings. The van der Waals surface area contributed by atoms with E-state index in [2.05, 4.69) is 51.1 Å². The van der Waals surface area contributed by atoms with Crippen LogP contribution in [0.4, 0.5) is 0 Å². The summed E-state index contributed by atoms with van der Waals surface area (Å²) in [6, 6.07) is 12.9. The van der Waals surface area contributed by atoms with E-state index >= 15 is 0 Å². The van der Waals surface area contributed by atoms with Crippen molar-refractivity contribution in [1.82, 2.24) is 0 Å². The average molecular weight is 228 g/mol. The maximum Gasteiger partial charge on any atom is 0.119 e. The first-order valence-electron chi connectivity index (χ1n) is 6.19. The van der Waals surface area contributed by atoms with Gasteiger partial charge in [0.05, 0.1) is 7.11 Å². The van der Waals surface area contributed by atoms with Gasteiger partial charge in [0.2, 0.25) is 0 Å². The van der Waals surface area contributed by atoms with Crippen molar-refractivity contribution in [3.63, 3.8) is 0 Å². The summed E-state index contributed by atoms with van der Waals surface area (Å²) in [6.07, 6.45) is 0. The van der Waals surface area contributed by atoms with Crippen molar-refractivity contribution in [1.29, 1.82) is 0 Å². The minimum Gasteiger partial charge on any atom is -0.497 e. The van der Waals surface area contributed by atoms with Gasteiger partial charge in [-0.25, -0.2) is 0 Å². The molecule has 90 valence electrons. The molecule has 0 saturated heterocycles. The Bertz CT molecular complexity index is 514. The molecule has 1 atom stereocenters. The molecule has 0 amide bonds. The molecule has 0 saturated carbocycles. The fourth-order valence-electron chi connectivity index (χ4n) is 2.04. The third-order valence-corrected chi connectivity index (χ3v) is 3.60. The molecule has 0 aromatic heterocycles. The highest BCUT2D eigenvalue weighted by atomic mass is 16.5. The van der Waals surface area contributed by atoms with Crippen LogP contribution in [-0.4, -0.2) is 7.11 Å². The first-order valence-corrected chi connectivity index (χ1v) is 6.19. The molecule has 2 aromatic carbocycles. The third-order valence-electron chi connectivity index (χ3n) is 3.60. The monoisotopic (exact) mass is 228 g/mol. The van der Waals surface area contributed by atoms with E-state index in [1.807, 2.05) is 6.07 Å². The van der Waals surface area contributed by atoms with Crippen molar-refractivity contribution >= 4 is 10.8 Å². The van der Waals surface area contributed by atoms with Crippen LogP contribution >= 0.6 is 0 Å². The lowest BCUT2D eigenvalue weighted by Crippen LogP contribution is -2.01. The van der Waals surface area contributed by atoms with Gasteiger partial charge in [0.25, 0.3) is 0 Å². The Balaban J connectivity index is 2.44. The van der Waals surface area contributed by atoms with Crippen LogP contribution in [0, 0.1) is 5.92 Å². The Morgan fingerprint density at radius 2 is 1.53 bits per heavy atom. The van der Waals surface area contributed by atoms with Gasteiger partial charge in [0.15, 0.2) is 0 Å². The number of ether oxygens (including phenoxy) is 1. The summed E-state index contributed by atoms with van der Waals surface area (Å²) in [5, 5.41) is 2.53. The van der Waals surface area contributed by atoms with Crippen LogP contribution in [-0.2, 0) is 0 Å². The summed E-state index contributed by atoms with van der Waals surface area (Å²) in [5.74, 6) is 2.19. The van der Waals surface area contributed by atoms with Crippen LogP contribution in [0.3, 0.4) is 0 Å². The molecule has 0 N–H and O–H groups in total. The van der Waals surface area contributed by atoms with Gasteiger partial charge >= 0.3 is 0 Å². The first kappa shape index (κ1) is 12.0. The number of methoxy groups -OCH3 is 1. The van der Waals surface area contributed by atoms with Crippen LogP contribution in [0.2, 0.25) is 0 Å². The molecule has 0 unspecified atom stereocenters. The molecular weight excluding hydrogens is 208 g/mol. The highest BCUT2D eigenvalue weighted by Gasteiger charge is 2.10. The summed E-state index contributed by atoms with van der Waals surface area (Å²) in [7, 11) is 1.70. The van der Waals surface area contributed by atoms with Gasteiger partial charge in [0.1, 0.15) is 5.75 Å². The lowest BCUT2D eigenvalue weighted by molar-refractivity contribution is 0.415. The Hall–Kier alpha value is -1.50. The van der Waals surface area contributed by atoms with Crippen molar-refractivity contribution in [3.05, 3.63) is 42.0 Å². The van der Waals surface area contributed by atoms with Crippen molar-refractivity contribution in [3.8, 4) is 5.75 Å². The molecule has 17 heavy (non-hydrogen) atoms. The van der Waals surface area contributed by atoms with Crippen molar-refractivity contribution in [2.75, 3.05) is 7.11 Å². The minimum absolute atomic E-state index is 0.599. The predicted octanol–water partition coefficient (Wildman–Crippen LogP) is 4.61. The predicted molar refractivity (Wildman–Crippen MR) is 73.8 cm³/mol. The van der Waals surface area contributed by atoms with E-state index in [1.165, 1.54) is 16.3 Å². The summed E-state index contributed by atoms with van der Waals surface area (Å²) in [5.41, 5.74) is 1.41. The van der Waals surface area contributed by atoms with Gasteiger partial charge in [-0.2, -0.15) is 0 Å². The maximum atomic E-state index is 5.24. The van der Waals surface area contributed by atoms with E-state index in [1.54, 1.807) is 7.11 Å². The second kappa shape index (κ2) is 4.79. The van der Waals surface area contributed by atoms with E-state index in [9.17, 15) is 0 Å². The van der Waals surface area contributed by atoms with Crippen LogP contribution in [0.25, 0.3) is 10.8 Å². The molecule has 0 bridgehead atoms. The van der Waals surface area contributed by atoms with Gasteiger partial charge in [-0.15, -0.1) is 0 Å². The molecule has 0 spiro atoms. The second-order valence-electron chi connectivity index (χ2n) is 5.01. The molecule has 1 nitrogen and oxygen atoms in total. The van der Waals surface area contributed by atoms with Crippen molar-refractivity contribution in [2.45, 2.75) is 26.7 Å². The molecule has 0 aliphatic rings. The molecule has 0 radical (unpaired) electrons. The number of rotatable bonds is 3. The first-order chi connectivity index (χ1) is 8.11. The fourth-order valence-corrected chi connectivity index (χ4v) is 2.04. The minimum atomic E-state index is 0.599. The Kier molecular flexibility index (Phi) is 3.37. The number of hydrogen-bond donors (Lipinski definition) is 0. The van der Waals surface area contributed by atoms with E-state index in [-0.39, 0.29) is 0 Å². The zero-order valence-electron chi connectivity index (χ0n) is 11.0. The Morgan fingerprint density at radius 1 is 0.882 bits per heavy atom. The molecular formula is C16H20O. The highest BCUT2D eigenvalue weighted by molar-refractivity contribution is 5.84. The normalized spacial score (nSPS) is 13.0. The lowest BCUT2D eigenvalue weighted by atomic mass is 9.89. The zero-order valence-corrected chi connectivity index (χ0v) is 11.0. The van der Waals surface area contributed by atoms with Crippen LogP contribution in [0.5, 0.6) is 5.75 Å². The summed E-state index contributed by atoms with van der Waals surface area (Å²) >= 11 is 0. The molecule has 0 aliphatic heterocycles. The summed E-state index contributed by atoms with van der Waals surface area (Å²) < 4.78 is 5.24. The quantitative estimate of drug-likeness (QED) is 0.745. The standard InChI is InChI=1S/C16H20O/c1-11(2)12(3)13-5-6-15-10-16(17-4)8-7-14(15)9-13/h5-12H,1-4H3/t12-/m1/s1. The van der Waals surface area contributed by atoms with E-state index in [0.29, 0.717) is 11.8 Å². The SMILES string of the molecule is COc1ccc2cc([C@H](C)C(C)C)ccc2c1. The van der Waals surface area contributed by atoms with E-state index < -0.39 is 0 Å². The van der Waals surface area contributed by atoms with Crippen LogP contribution in [0.15, 0.2) is 36.4 Å². The van der Waals surface area contributed by atoms with Gasteiger partial charge in [-0.3, -0.25) is 0 Å². The highest BCUT2D eigenvalue weighted by Crippen LogP contribution is 2.28. The Morgan fingerprint density at radius 3 is 2.18 bits per heavy atom. The summed E-state index contributed by atoms with van der Waals surface area (Å²) in [6.45, 7) is 6.82. The molecule has 0 heterocycles. The van der Waals surface area contributed by atoms with Crippen molar-refractivity contribution in [2.24, 2.45) is 5.92 Å². The van der Waals surface area contributed by atoms with Gasteiger partial charge in [0, 0.05) is 0 Å². The number of hydrogen-bond acceptors (Lipinski definition) is 1. The van der Waals surface area contributed by atoms with Gasteiger partial charge < -0.3 is 4.74 Å². The van der Waals surface area contributed by atoms with Gasteiger partial charge in [-0.05, 0) is 40.3 Å². The Labute approximate surface area is 103 Å². The second-order valence-corrected chi connectivity index (χ2v) is 5.01. The van der Waals surface area contributed by atoms with Crippen LogP contribution < -0.4 is 4.74 Å². The largest absolute Gasteiger partial charge is 0.497 e. The maximum absolute atomic E-state index is 5.24. The molecule has 1 heteroatoms. The average Bonchev–Trinajstić information content (AvgIpc) is 2.36.